The summed E-state index contributed by atoms with van der Waals surface area (Å²) in [6.07, 6.45) is 4.83. The lowest BCUT2D eigenvalue weighted by Gasteiger charge is -2.18. The van der Waals surface area contributed by atoms with Crippen LogP contribution in [0.3, 0.4) is 0 Å². The van der Waals surface area contributed by atoms with Gasteiger partial charge in [-0.2, -0.15) is 4.98 Å². The highest BCUT2D eigenvalue weighted by atomic mass is 16.5. The lowest BCUT2D eigenvalue weighted by molar-refractivity contribution is -0.116. The van der Waals surface area contributed by atoms with E-state index in [0.717, 1.165) is 57.3 Å². The molecule has 0 aliphatic carbocycles. The molecule has 0 radical (unpaired) electrons. The second kappa shape index (κ2) is 8.59. The number of anilines is 4. The number of pyridine rings is 1. The Kier molecular flexibility index (Phi) is 5.70. The van der Waals surface area contributed by atoms with Gasteiger partial charge >= 0.3 is 0 Å². The zero-order chi connectivity index (χ0) is 22.0. The van der Waals surface area contributed by atoms with Gasteiger partial charge in [0.2, 0.25) is 11.9 Å². The van der Waals surface area contributed by atoms with Crippen molar-refractivity contribution in [3.8, 4) is 5.75 Å². The Hall–Kier alpha value is -3.68. The molecule has 0 saturated carbocycles. The molecular weight excluding hydrogens is 392 g/mol. The first-order valence-electron chi connectivity index (χ1n) is 10.2. The summed E-state index contributed by atoms with van der Waals surface area (Å²) in [4.78, 5) is 25.1. The van der Waals surface area contributed by atoms with Crippen molar-refractivity contribution >= 4 is 29.0 Å². The van der Waals surface area contributed by atoms with Gasteiger partial charge in [0.15, 0.2) is 0 Å². The van der Waals surface area contributed by atoms with Gasteiger partial charge in [-0.15, -0.1) is 0 Å². The summed E-state index contributed by atoms with van der Waals surface area (Å²) in [5.74, 6) is 2.15. The Labute approximate surface area is 181 Å². The minimum atomic E-state index is 0.0571. The molecule has 8 heteroatoms. The third-order valence-electron chi connectivity index (χ3n) is 5.40. The number of amides is 1. The number of hydrogen-bond acceptors (Lipinski definition) is 7. The SMILES string of the molecule is COc1c(C)cnc(CNc2nc(Nc3ccc4c(c3)CCC(=O)N4)ncc2C)c1C. The summed E-state index contributed by atoms with van der Waals surface area (Å²) >= 11 is 0. The fourth-order valence-electron chi connectivity index (χ4n) is 3.69. The molecule has 1 amide bonds. The van der Waals surface area contributed by atoms with Crippen LogP contribution in [0.25, 0.3) is 0 Å². The third-order valence-corrected chi connectivity index (χ3v) is 5.40. The Morgan fingerprint density at radius 3 is 2.71 bits per heavy atom. The number of nitrogens with zero attached hydrogens (tertiary/aromatic N) is 3. The molecule has 0 saturated heterocycles. The smallest absolute Gasteiger partial charge is 0.229 e. The molecule has 0 unspecified atom stereocenters. The van der Waals surface area contributed by atoms with Crippen LogP contribution in [0, 0.1) is 20.8 Å². The van der Waals surface area contributed by atoms with Gasteiger partial charge in [-0.1, -0.05) is 0 Å². The molecule has 0 atom stereocenters. The van der Waals surface area contributed by atoms with Crippen molar-refractivity contribution in [3.63, 3.8) is 0 Å². The lowest BCUT2D eigenvalue weighted by Crippen LogP contribution is -2.18. The first kappa shape index (κ1) is 20.6. The fraction of sp³-hybridized carbons (Fsp3) is 0.304. The van der Waals surface area contributed by atoms with E-state index in [1.807, 2.05) is 45.2 Å². The van der Waals surface area contributed by atoms with Gasteiger partial charge < -0.3 is 20.7 Å². The Bertz CT molecular complexity index is 1150. The molecule has 0 fully saturated rings. The van der Waals surface area contributed by atoms with Gasteiger partial charge in [-0.05, 0) is 51.0 Å². The predicted octanol–water partition coefficient (Wildman–Crippen LogP) is 4.05. The molecule has 3 heterocycles. The first-order chi connectivity index (χ1) is 14.9. The van der Waals surface area contributed by atoms with Crippen LogP contribution < -0.4 is 20.7 Å². The Morgan fingerprint density at radius 2 is 1.90 bits per heavy atom. The largest absolute Gasteiger partial charge is 0.496 e. The van der Waals surface area contributed by atoms with Crippen molar-refractivity contribution in [1.82, 2.24) is 15.0 Å². The highest BCUT2D eigenvalue weighted by Gasteiger charge is 2.15. The maximum absolute atomic E-state index is 11.5. The van der Waals surface area contributed by atoms with E-state index in [1.165, 1.54) is 0 Å². The zero-order valence-electron chi connectivity index (χ0n) is 18.2. The maximum atomic E-state index is 11.5. The summed E-state index contributed by atoms with van der Waals surface area (Å²) in [7, 11) is 1.67. The van der Waals surface area contributed by atoms with Crippen LogP contribution in [0.1, 0.15) is 34.4 Å². The zero-order valence-corrected chi connectivity index (χ0v) is 18.2. The van der Waals surface area contributed by atoms with Gasteiger partial charge in [-0.25, -0.2) is 4.98 Å². The monoisotopic (exact) mass is 418 g/mol. The van der Waals surface area contributed by atoms with Crippen LogP contribution in [0.5, 0.6) is 5.75 Å². The molecule has 0 spiro atoms. The predicted molar refractivity (Wildman–Crippen MR) is 121 cm³/mol. The number of fused-ring (bicyclic) bond motifs is 1. The van der Waals surface area contributed by atoms with E-state index in [4.69, 9.17) is 4.74 Å². The van der Waals surface area contributed by atoms with E-state index in [2.05, 4.69) is 30.9 Å². The maximum Gasteiger partial charge on any atom is 0.229 e. The van der Waals surface area contributed by atoms with Crippen LogP contribution in [0.2, 0.25) is 0 Å². The van der Waals surface area contributed by atoms with E-state index >= 15 is 0 Å². The first-order valence-corrected chi connectivity index (χ1v) is 10.2. The number of aromatic nitrogens is 3. The van der Waals surface area contributed by atoms with E-state index in [1.54, 1.807) is 13.3 Å². The fourth-order valence-corrected chi connectivity index (χ4v) is 3.69. The lowest BCUT2D eigenvalue weighted by atomic mass is 10.0. The highest BCUT2D eigenvalue weighted by Crippen LogP contribution is 2.28. The van der Waals surface area contributed by atoms with Gasteiger partial charge in [0.25, 0.3) is 0 Å². The normalized spacial score (nSPS) is 12.7. The molecule has 3 aromatic rings. The Morgan fingerprint density at radius 1 is 1.10 bits per heavy atom. The summed E-state index contributed by atoms with van der Waals surface area (Å²) in [6, 6.07) is 5.84. The molecular formula is C23H26N6O2. The van der Waals surface area contributed by atoms with E-state index < -0.39 is 0 Å². The average Bonchev–Trinajstić information content (AvgIpc) is 2.75. The number of carbonyl (C=O) groups is 1. The van der Waals surface area contributed by atoms with E-state index in [9.17, 15) is 4.79 Å². The molecule has 160 valence electrons. The number of carbonyl (C=O) groups excluding carboxylic acids is 1. The van der Waals surface area contributed by atoms with Crippen LogP contribution in [0.4, 0.5) is 23.1 Å². The number of benzene rings is 1. The van der Waals surface area contributed by atoms with Crippen molar-refractivity contribution in [2.75, 3.05) is 23.1 Å². The number of nitrogens with one attached hydrogen (secondary N) is 3. The molecule has 4 rings (SSSR count). The second-order valence-corrected chi connectivity index (χ2v) is 7.67. The highest BCUT2D eigenvalue weighted by molar-refractivity contribution is 5.94. The van der Waals surface area contributed by atoms with Gasteiger partial charge in [0.05, 0.1) is 19.3 Å². The standard InChI is InChI=1S/C23H26N6O2/c1-13-10-24-19(15(3)21(13)31-4)12-25-22-14(2)11-26-23(29-22)27-17-6-7-18-16(9-17)5-8-20(30)28-18/h6-7,9-11H,5,8,12H2,1-4H3,(H,28,30)(H2,25,26,27,29). The number of aryl methyl sites for hydroxylation is 3. The van der Waals surface area contributed by atoms with Crippen molar-refractivity contribution in [1.29, 1.82) is 0 Å². The summed E-state index contributed by atoms with van der Waals surface area (Å²) in [6.45, 7) is 6.48. The molecule has 2 aromatic heterocycles. The summed E-state index contributed by atoms with van der Waals surface area (Å²) < 4.78 is 5.50. The minimum absolute atomic E-state index is 0.0571. The van der Waals surface area contributed by atoms with Crippen molar-refractivity contribution in [2.45, 2.75) is 40.2 Å². The second-order valence-electron chi connectivity index (χ2n) is 7.67. The average molecular weight is 419 g/mol. The molecule has 0 bridgehead atoms. The van der Waals surface area contributed by atoms with Crippen molar-refractivity contribution in [2.24, 2.45) is 0 Å². The van der Waals surface area contributed by atoms with E-state index in [-0.39, 0.29) is 5.91 Å². The number of ether oxygens (including phenoxy) is 1. The topological polar surface area (TPSA) is 101 Å². The van der Waals surface area contributed by atoms with Crippen LogP contribution in [-0.4, -0.2) is 28.0 Å². The van der Waals surface area contributed by atoms with E-state index in [0.29, 0.717) is 18.9 Å². The van der Waals surface area contributed by atoms with Gasteiger partial charge in [0.1, 0.15) is 11.6 Å². The number of hydrogen-bond donors (Lipinski definition) is 3. The quantitative estimate of drug-likeness (QED) is 0.555. The minimum Gasteiger partial charge on any atom is -0.496 e. The van der Waals surface area contributed by atoms with Crippen LogP contribution in [0.15, 0.2) is 30.6 Å². The van der Waals surface area contributed by atoms with Crippen molar-refractivity contribution < 1.29 is 9.53 Å². The molecule has 1 aromatic carbocycles. The molecule has 3 N–H and O–H groups in total. The van der Waals surface area contributed by atoms with Crippen LogP contribution >= 0.6 is 0 Å². The summed E-state index contributed by atoms with van der Waals surface area (Å²) in [5.41, 5.74) is 6.72. The number of methoxy groups -OCH3 is 1. The Balaban J connectivity index is 1.50. The number of rotatable bonds is 6. The van der Waals surface area contributed by atoms with Gasteiger partial charge in [-0.3, -0.25) is 9.78 Å². The van der Waals surface area contributed by atoms with Crippen LogP contribution in [-0.2, 0) is 17.8 Å². The molecule has 8 nitrogen and oxygen atoms in total. The molecule has 1 aliphatic rings. The summed E-state index contributed by atoms with van der Waals surface area (Å²) in [5, 5.41) is 9.52. The van der Waals surface area contributed by atoms with Gasteiger partial charge in [0, 0.05) is 46.9 Å². The molecule has 1 aliphatic heterocycles. The van der Waals surface area contributed by atoms with Crippen molar-refractivity contribution in [3.05, 3.63) is 58.5 Å². The third kappa shape index (κ3) is 4.42. The molecule has 31 heavy (non-hydrogen) atoms.